The van der Waals surface area contributed by atoms with Crippen molar-refractivity contribution >= 4 is 5.95 Å². The van der Waals surface area contributed by atoms with Crippen LogP contribution in [-0.4, -0.2) is 61.8 Å². The summed E-state index contributed by atoms with van der Waals surface area (Å²) in [7, 11) is 4.99. The number of aromatic nitrogens is 7. The molecule has 1 fully saturated rings. The van der Waals surface area contributed by atoms with Crippen LogP contribution in [0.15, 0.2) is 24.9 Å². The van der Waals surface area contributed by atoms with E-state index in [1.165, 1.54) is 14.2 Å². The van der Waals surface area contributed by atoms with Gasteiger partial charge in [-0.25, -0.2) is 9.97 Å². The fourth-order valence-corrected chi connectivity index (χ4v) is 3.36. The standard InChI is InChI=1S/C18H22N8O2/c1-25-11-20-9-15(25)14-8-19-7-13(21-14)12-5-4-6-26(10-12)16-22-17(27-2)24-18(23-16)28-3/h7-9,11-12H,4-6,10H2,1-3H3/t12-/m1/s1. The van der Waals surface area contributed by atoms with Gasteiger partial charge < -0.3 is 18.9 Å². The Morgan fingerprint density at radius 3 is 2.43 bits per heavy atom. The normalized spacial score (nSPS) is 16.8. The first-order chi connectivity index (χ1) is 13.7. The van der Waals surface area contributed by atoms with Gasteiger partial charge in [-0.3, -0.25) is 4.98 Å². The lowest BCUT2D eigenvalue weighted by Crippen LogP contribution is -2.36. The number of imidazole rings is 1. The molecule has 1 atom stereocenters. The molecule has 4 rings (SSSR count). The van der Waals surface area contributed by atoms with Crippen LogP contribution in [0.5, 0.6) is 12.0 Å². The number of anilines is 1. The summed E-state index contributed by atoms with van der Waals surface area (Å²) < 4.78 is 12.3. The lowest BCUT2D eigenvalue weighted by atomic mass is 9.95. The van der Waals surface area contributed by atoms with Gasteiger partial charge in [-0.2, -0.15) is 9.97 Å². The molecule has 3 aromatic heterocycles. The Kier molecular flexibility index (Phi) is 5.00. The van der Waals surface area contributed by atoms with E-state index in [-0.39, 0.29) is 17.9 Å². The van der Waals surface area contributed by atoms with Gasteiger partial charge in [0.2, 0.25) is 5.95 Å². The Morgan fingerprint density at radius 1 is 0.964 bits per heavy atom. The number of rotatable bonds is 5. The molecule has 0 unspecified atom stereocenters. The van der Waals surface area contributed by atoms with E-state index < -0.39 is 0 Å². The zero-order valence-electron chi connectivity index (χ0n) is 16.1. The third-order valence-corrected chi connectivity index (χ3v) is 4.80. The molecule has 10 nitrogen and oxygen atoms in total. The molecule has 0 amide bonds. The van der Waals surface area contributed by atoms with Gasteiger partial charge in [0, 0.05) is 32.3 Å². The molecule has 1 saturated heterocycles. The van der Waals surface area contributed by atoms with Crippen LogP contribution in [0.3, 0.4) is 0 Å². The third kappa shape index (κ3) is 3.57. The van der Waals surface area contributed by atoms with E-state index in [0.717, 1.165) is 43.0 Å². The second-order valence-corrected chi connectivity index (χ2v) is 6.61. The van der Waals surface area contributed by atoms with Crippen molar-refractivity contribution in [3.63, 3.8) is 0 Å². The van der Waals surface area contributed by atoms with Gasteiger partial charge in [-0.05, 0) is 12.8 Å². The smallest absolute Gasteiger partial charge is 0.324 e. The Bertz CT molecular complexity index is 938. The van der Waals surface area contributed by atoms with Crippen LogP contribution in [0.2, 0.25) is 0 Å². The van der Waals surface area contributed by atoms with Crippen LogP contribution in [0.25, 0.3) is 11.4 Å². The molecule has 146 valence electrons. The first kappa shape index (κ1) is 18.1. The van der Waals surface area contributed by atoms with Gasteiger partial charge in [0.1, 0.15) is 5.69 Å². The minimum Gasteiger partial charge on any atom is -0.467 e. The van der Waals surface area contributed by atoms with Gasteiger partial charge in [0.05, 0.1) is 44.3 Å². The molecule has 1 aliphatic heterocycles. The van der Waals surface area contributed by atoms with Crippen LogP contribution >= 0.6 is 0 Å². The van der Waals surface area contributed by atoms with Crippen LogP contribution in [0.1, 0.15) is 24.5 Å². The Morgan fingerprint density at radius 2 is 1.75 bits per heavy atom. The molecule has 10 heteroatoms. The van der Waals surface area contributed by atoms with E-state index in [1.54, 1.807) is 18.7 Å². The molecule has 28 heavy (non-hydrogen) atoms. The second kappa shape index (κ2) is 7.75. The number of hydrogen-bond acceptors (Lipinski definition) is 9. The van der Waals surface area contributed by atoms with Crippen molar-refractivity contribution in [3.05, 3.63) is 30.6 Å². The highest BCUT2D eigenvalue weighted by Crippen LogP contribution is 2.29. The summed E-state index contributed by atoms with van der Waals surface area (Å²) in [5.74, 6) is 0.771. The fourth-order valence-electron chi connectivity index (χ4n) is 3.36. The van der Waals surface area contributed by atoms with E-state index in [1.807, 2.05) is 17.8 Å². The van der Waals surface area contributed by atoms with Crippen LogP contribution < -0.4 is 14.4 Å². The van der Waals surface area contributed by atoms with Crippen molar-refractivity contribution < 1.29 is 9.47 Å². The number of nitrogens with zero attached hydrogens (tertiary/aromatic N) is 8. The summed E-state index contributed by atoms with van der Waals surface area (Å²) in [4.78, 5) is 28.3. The van der Waals surface area contributed by atoms with Crippen molar-refractivity contribution in [3.8, 4) is 23.4 Å². The summed E-state index contributed by atoms with van der Waals surface area (Å²) in [5, 5.41) is 0. The summed E-state index contributed by atoms with van der Waals surface area (Å²) in [6, 6.07) is 0.476. The zero-order chi connectivity index (χ0) is 19.5. The summed E-state index contributed by atoms with van der Waals surface area (Å²) >= 11 is 0. The molecule has 0 aliphatic carbocycles. The van der Waals surface area contributed by atoms with Gasteiger partial charge in [-0.1, -0.05) is 0 Å². The molecular weight excluding hydrogens is 360 g/mol. The maximum atomic E-state index is 5.17. The molecule has 3 aromatic rings. The van der Waals surface area contributed by atoms with Crippen molar-refractivity contribution in [2.45, 2.75) is 18.8 Å². The van der Waals surface area contributed by atoms with E-state index >= 15 is 0 Å². The van der Waals surface area contributed by atoms with Crippen LogP contribution in [0.4, 0.5) is 5.95 Å². The number of ether oxygens (including phenoxy) is 2. The second-order valence-electron chi connectivity index (χ2n) is 6.61. The topological polar surface area (TPSA) is 104 Å². The molecule has 0 saturated carbocycles. The quantitative estimate of drug-likeness (QED) is 0.648. The largest absolute Gasteiger partial charge is 0.467 e. The Balaban J connectivity index is 1.59. The molecule has 0 aromatic carbocycles. The Hall–Kier alpha value is -3.30. The van der Waals surface area contributed by atoms with E-state index in [9.17, 15) is 0 Å². The van der Waals surface area contributed by atoms with Gasteiger partial charge in [0.25, 0.3) is 0 Å². The highest BCUT2D eigenvalue weighted by atomic mass is 16.5. The predicted octanol–water partition coefficient (Wildman–Crippen LogP) is 1.46. The van der Waals surface area contributed by atoms with Crippen molar-refractivity contribution in [1.29, 1.82) is 0 Å². The lowest BCUT2D eigenvalue weighted by Gasteiger charge is -2.32. The molecule has 1 aliphatic rings. The van der Waals surface area contributed by atoms with Gasteiger partial charge >= 0.3 is 12.0 Å². The summed E-state index contributed by atoms with van der Waals surface area (Å²) in [6.07, 6.45) is 9.18. The number of piperidine rings is 1. The Labute approximate surface area is 162 Å². The van der Waals surface area contributed by atoms with Gasteiger partial charge in [0.15, 0.2) is 0 Å². The first-order valence-electron chi connectivity index (χ1n) is 9.05. The molecule has 0 spiro atoms. The molecule has 4 heterocycles. The highest BCUT2D eigenvalue weighted by molar-refractivity contribution is 5.52. The number of methoxy groups -OCH3 is 2. The average molecular weight is 382 g/mol. The highest BCUT2D eigenvalue weighted by Gasteiger charge is 2.26. The SMILES string of the molecule is COc1nc(OC)nc(N2CCC[C@@H](c3cncc(-c4cncn4C)n3)C2)n1. The predicted molar refractivity (Wildman–Crippen MR) is 101 cm³/mol. The monoisotopic (exact) mass is 382 g/mol. The minimum absolute atomic E-state index is 0.225. The third-order valence-electron chi connectivity index (χ3n) is 4.80. The molecule has 0 bridgehead atoms. The van der Waals surface area contributed by atoms with Crippen LogP contribution in [-0.2, 0) is 7.05 Å². The first-order valence-corrected chi connectivity index (χ1v) is 9.05. The van der Waals surface area contributed by atoms with Crippen molar-refractivity contribution in [1.82, 2.24) is 34.5 Å². The summed E-state index contributed by atoms with van der Waals surface area (Å²) in [5.41, 5.74) is 2.71. The van der Waals surface area contributed by atoms with E-state index in [0.29, 0.717) is 5.95 Å². The number of hydrogen-bond donors (Lipinski definition) is 0. The van der Waals surface area contributed by atoms with Gasteiger partial charge in [-0.15, -0.1) is 4.98 Å². The lowest BCUT2D eigenvalue weighted by molar-refractivity contribution is 0.338. The molecule has 0 N–H and O–H groups in total. The summed E-state index contributed by atoms with van der Waals surface area (Å²) in [6.45, 7) is 1.58. The minimum atomic E-state index is 0.225. The van der Waals surface area contributed by atoms with E-state index in [2.05, 4.69) is 29.8 Å². The maximum Gasteiger partial charge on any atom is 0.324 e. The average Bonchev–Trinajstić information content (AvgIpc) is 3.19. The zero-order valence-corrected chi connectivity index (χ0v) is 16.1. The molecular formula is C18H22N8O2. The van der Waals surface area contributed by atoms with Crippen molar-refractivity contribution in [2.24, 2.45) is 7.05 Å². The fraction of sp³-hybridized carbons (Fsp3) is 0.444. The number of aryl methyl sites for hydroxylation is 1. The van der Waals surface area contributed by atoms with Crippen molar-refractivity contribution in [2.75, 3.05) is 32.2 Å². The van der Waals surface area contributed by atoms with E-state index in [4.69, 9.17) is 14.5 Å². The van der Waals surface area contributed by atoms with Crippen LogP contribution in [0, 0.1) is 0 Å². The maximum absolute atomic E-state index is 5.17. The molecule has 0 radical (unpaired) electrons.